The highest BCUT2D eigenvalue weighted by Crippen LogP contribution is 2.82. The Morgan fingerprint density at radius 2 is 1.71 bits per heavy atom. The Balaban J connectivity index is 1.87. The van der Waals surface area contributed by atoms with Crippen molar-refractivity contribution >= 4 is 18.6 Å². The minimum atomic E-state index is -4.77. The van der Waals surface area contributed by atoms with Crippen LogP contribution in [-0.4, -0.2) is 6.98 Å². The maximum absolute atomic E-state index is 12.9. The first-order valence-corrected chi connectivity index (χ1v) is 5.81. The molecule has 3 aliphatic rings. The van der Waals surface area contributed by atoms with Gasteiger partial charge in [0.1, 0.15) is 5.82 Å². The maximum Gasteiger partial charge on any atom is 0.484 e. The molecule has 3 fully saturated rings. The molecule has 0 spiro atoms. The van der Waals surface area contributed by atoms with Crippen molar-refractivity contribution in [2.75, 3.05) is 0 Å². The van der Waals surface area contributed by atoms with Crippen molar-refractivity contribution in [3.8, 4) is 0 Å². The van der Waals surface area contributed by atoms with Crippen molar-refractivity contribution in [2.24, 2.45) is 0 Å². The van der Waals surface area contributed by atoms with Crippen molar-refractivity contribution in [1.29, 1.82) is 0 Å². The maximum atomic E-state index is 12.9. The van der Waals surface area contributed by atoms with E-state index in [9.17, 15) is 17.3 Å². The van der Waals surface area contributed by atoms with Gasteiger partial charge in [-0.05, 0) is 23.1 Å². The van der Waals surface area contributed by atoms with Crippen LogP contribution < -0.4 is 0 Å². The summed E-state index contributed by atoms with van der Waals surface area (Å²) in [7, 11) is 0. The lowest BCUT2D eigenvalue weighted by Crippen LogP contribution is -2.67. The van der Waals surface area contributed by atoms with Crippen LogP contribution in [0.5, 0.6) is 0 Å². The third-order valence-corrected chi connectivity index (χ3v) is 4.58. The Morgan fingerprint density at radius 1 is 1.12 bits per heavy atom. The lowest BCUT2D eigenvalue weighted by molar-refractivity contribution is -0.0400. The van der Waals surface area contributed by atoms with Crippen LogP contribution >= 0.6 is 11.6 Å². The molecule has 0 aromatic heterocycles. The van der Waals surface area contributed by atoms with Crippen molar-refractivity contribution in [1.82, 2.24) is 0 Å². The Labute approximate surface area is 101 Å². The predicted molar refractivity (Wildman–Crippen MR) is 58.7 cm³/mol. The zero-order chi connectivity index (χ0) is 12.5. The third-order valence-electron chi connectivity index (χ3n) is 4.27. The highest BCUT2D eigenvalue weighted by atomic mass is 35.5. The zero-order valence-electron chi connectivity index (χ0n) is 8.82. The van der Waals surface area contributed by atoms with Gasteiger partial charge in [-0.3, -0.25) is 0 Å². The molecular weight excluding hydrogens is 254 g/mol. The minimum absolute atomic E-state index is 0.120. The molecule has 0 N–H and O–H groups in total. The second-order valence-electron chi connectivity index (χ2n) is 5.37. The molecule has 0 radical (unpaired) electrons. The lowest BCUT2D eigenvalue weighted by atomic mass is 9.23. The van der Waals surface area contributed by atoms with Gasteiger partial charge in [0.2, 0.25) is 0 Å². The summed E-state index contributed by atoms with van der Waals surface area (Å²) in [6.45, 7) is -4.77. The lowest BCUT2D eigenvalue weighted by Gasteiger charge is -2.75. The molecule has 0 aliphatic heterocycles. The quantitative estimate of drug-likeness (QED) is 0.544. The third kappa shape index (κ3) is 1.32. The second-order valence-corrected chi connectivity index (χ2v) is 5.78. The summed E-state index contributed by atoms with van der Waals surface area (Å²) in [5.74, 6) is -0.458. The fraction of sp³-hybridized carbons (Fsp3) is 0.455. The Hall–Kier alpha value is -0.705. The van der Waals surface area contributed by atoms with Gasteiger partial charge in [-0.1, -0.05) is 42.2 Å². The smallest absolute Gasteiger partial charge is 0.449 e. The molecule has 92 valence electrons. The van der Waals surface area contributed by atoms with Crippen LogP contribution in [0.3, 0.4) is 0 Å². The topological polar surface area (TPSA) is 0 Å². The molecule has 1 aromatic rings. The van der Waals surface area contributed by atoms with Crippen LogP contribution in [0, 0.1) is 5.82 Å². The van der Waals surface area contributed by atoms with Crippen LogP contribution in [0.1, 0.15) is 24.8 Å². The molecule has 0 unspecified atom stereocenters. The van der Waals surface area contributed by atoms with Gasteiger partial charge in [0.05, 0.1) is 0 Å². The fourth-order valence-electron chi connectivity index (χ4n) is 3.42. The predicted octanol–water partition coefficient (Wildman–Crippen LogP) is 4.50. The largest absolute Gasteiger partial charge is 0.484 e. The van der Waals surface area contributed by atoms with Crippen LogP contribution in [0.15, 0.2) is 18.2 Å². The fourth-order valence-corrected chi connectivity index (χ4v) is 3.79. The van der Waals surface area contributed by atoms with E-state index in [1.54, 1.807) is 0 Å². The summed E-state index contributed by atoms with van der Waals surface area (Å²) in [4.78, 5) is 0. The number of halogens is 5. The average molecular weight is 263 g/mol. The van der Waals surface area contributed by atoms with Crippen molar-refractivity contribution in [2.45, 2.75) is 30.0 Å². The Morgan fingerprint density at radius 3 is 2.18 bits per heavy atom. The highest BCUT2D eigenvalue weighted by molar-refractivity contribution is 6.63. The summed E-state index contributed by atoms with van der Waals surface area (Å²) < 4.78 is 51.1. The summed E-state index contributed by atoms with van der Waals surface area (Å²) in [5, 5.41) is -1.19. The first-order chi connectivity index (χ1) is 7.78. The molecule has 3 saturated carbocycles. The van der Waals surface area contributed by atoms with Crippen molar-refractivity contribution in [3.05, 3.63) is 34.6 Å². The van der Waals surface area contributed by atoms with E-state index in [4.69, 9.17) is 11.6 Å². The van der Waals surface area contributed by atoms with Gasteiger partial charge in [0, 0.05) is 5.02 Å². The highest BCUT2D eigenvalue weighted by Gasteiger charge is 2.74. The summed E-state index contributed by atoms with van der Waals surface area (Å²) in [5.41, 5.74) is 0.227. The number of rotatable bonds is 2. The Kier molecular flexibility index (Phi) is 2.01. The second kappa shape index (κ2) is 3.00. The average Bonchev–Trinajstić information content (AvgIpc) is 2.01. The van der Waals surface area contributed by atoms with Gasteiger partial charge in [-0.25, -0.2) is 4.39 Å². The molecule has 6 heteroatoms. The Bertz CT molecular complexity index is 477. The molecule has 0 heterocycles. The van der Waals surface area contributed by atoms with Gasteiger partial charge in [-0.2, -0.15) is 0 Å². The van der Waals surface area contributed by atoms with Crippen LogP contribution in [0.4, 0.5) is 17.3 Å². The SMILES string of the molecule is Fc1ccc(C23CC([B-](F)(F)F)(C2)C3)c(Cl)c1. The monoisotopic (exact) mass is 263 g/mol. The minimum Gasteiger partial charge on any atom is -0.449 e. The van der Waals surface area contributed by atoms with Gasteiger partial charge in [0.25, 0.3) is 0 Å². The van der Waals surface area contributed by atoms with Crippen LogP contribution in [-0.2, 0) is 5.41 Å². The molecule has 4 rings (SSSR count). The number of hydrogen-bond donors (Lipinski definition) is 0. The van der Waals surface area contributed by atoms with Crippen molar-refractivity contribution < 1.29 is 17.3 Å². The molecule has 3 aliphatic carbocycles. The molecule has 0 nitrogen and oxygen atoms in total. The summed E-state index contributed by atoms with van der Waals surface area (Å²) >= 11 is 5.89. The molecule has 2 bridgehead atoms. The first kappa shape index (κ1) is 11.4. The van der Waals surface area contributed by atoms with Gasteiger partial charge < -0.3 is 12.9 Å². The van der Waals surface area contributed by atoms with E-state index in [1.807, 2.05) is 0 Å². The number of benzene rings is 1. The van der Waals surface area contributed by atoms with Gasteiger partial charge in [-0.15, -0.1) is 0 Å². The van der Waals surface area contributed by atoms with E-state index < -0.39 is 23.5 Å². The molecule has 0 saturated heterocycles. The van der Waals surface area contributed by atoms with Crippen LogP contribution in [0.25, 0.3) is 0 Å². The van der Waals surface area contributed by atoms with Gasteiger partial charge in [0.15, 0.2) is 0 Å². The zero-order valence-corrected chi connectivity index (χ0v) is 9.58. The molecule has 0 amide bonds. The molecule has 17 heavy (non-hydrogen) atoms. The van der Waals surface area contributed by atoms with E-state index in [0.717, 1.165) is 0 Å². The van der Waals surface area contributed by atoms with E-state index in [1.165, 1.54) is 18.2 Å². The van der Waals surface area contributed by atoms with E-state index >= 15 is 0 Å². The van der Waals surface area contributed by atoms with Crippen LogP contribution in [0.2, 0.25) is 10.3 Å². The van der Waals surface area contributed by atoms with E-state index in [-0.39, 0.29) is 24.3 Å². The first-order valence-electron chi connectivity index (χ1n) is 5.43. The molecule has 1 aromatic carbocycles. The standard InChI is InChI=1S/C11H9BClF4/c13-9-3-7(14)1-2-8(9)10-4-11(5-10,6-10)12(15,16)17/h1-3H,4-6H2/q-1. The van der Waals surface area contributed by atoms with Crippen molar-refractivity contribution in [3.63, 3.8) is 0 Å². The molecule has 0 atom stereocenters. The molecular formula is C11H9BClF4-. The normalized spacial score (nSPS) is 35.1. The summed E-state index contributed by atoms with van der Waals surface area (Å²) in [6, 6.07) is 3.94. The summed E-state index contributed by atoms with van der Waals surface area (Å²) in [6.07, 6.45) is 0.360. The van der Waals surface area contributed by atoms with Gasteiger partial charge >= 0.3 is 6.98 Å². The van der Waals surface area contributed by atoms with E-state index in [0.29, 0.717) is 5.56 Å². The number of hydrogen-bond acceptors (Lipinski definition) is 0. The van der Waals surface area contributed by atoms with E-state index in [2.05, 4.69) is 0 Å².